The van der Waals surface area contributed by atoms with E-state index in [0.717, 1.165) is 47.7 Å². The first kappa shape index (κ1) is 17.6. The van der Waals surface area contributed by atoms with Crippen LogP contribution < -0.4 is 15.4 Å². The molecule has 4 rings (SSSR count). The zero-order chi connectivity index (χ0) is 18.6. The molecule has 2 atom stereocenters. The molecule has 1 aromatic carbocycles. The number of hydrogen-bond acceptors (Lipinski definition) is 7. The Labute approximate surface area is 158 Å². The van der Waals surface area contributed by atoms with E-state index in [9.17, 15) is 0 Å². The standard InChI is InChI=1S/C20H24N6O/c1-14(26-10-9-21-12-19(26)18-6-7-22-13-24-18)25-20-17-4-3-16(27-2)11-15(17)5-8-23-20/h3-8,11,13-14,19,21H,9-10,12H2,1-2H3,(H,23,25). The molecule has 140 valence electrons. The molecule has 0 bridgehead atoms. The van der Waals surface area contributed by atoms with Gasteiger partial charge in [-0.15, -0.1) is 0 Å². The van der Waals surface area contributed by atoms with Gasteiger partial charge in [-0.3, -0.25) is 4.90 Å². The Morgan fingerprint density at radius 3 is 2.96 bits per heavy atom. The van der Waals surface area contributed by atoms with Crippen LogP contribution in [0.4, 0.5) is 5.82 Å². The molecule has 0 aliphatic carbocycles. The second kappa shape index (κ2) is 7.85. The van der Waals surface area contributed by atoms with E-state index in [4.69, 9.17) is 4.74 Å². The first-order chi connectivity index (χ1) is 13.3. The summed E-state index contributed by atoms with van der Waals surface area (Å²) in [5.41, 5.74) is 1.03. The molecule has 3 heterocycles. The highest BCUT2D eigenvalue weighted by atomic mass is 16.5. The van der Waals surface area contributed by atoms with E-state index in [1.165, 1.54) is 0 Å². The number of ether oxygens (including phenoxy) is 1. The van der Waals surface area contributed by atoms with Crippen LogP contribution in [0.5, 0.6) is 5.75 Å². The van der Waals surface area contributed by atoms with E-state index in [-0.39, 0.29) is 12.2 Å². The number of methoxy groups -OCH3 is 1. The molecule has 2 unspecified atom stereocenters. The second-order valence-corrected chi connectivity index (χ2v) is 6.66. The van der Waals surface area contributed by atoms with Crippen LogP contribution in [0.25, 0.3) is 10.8 Å². The topological polar surface area (TPSA) is 75.2 Å². The van der Waals surface area contributed by atoms with Crippen LogP contribution in [-0.2, 0) is 0 Å². The van der Waals surface area contributed by atoms with Gasteiger partial charge in [0.25, 0.3) is 0 Å². The Balaban J connectivity index is 1.59. The first-order valence-electron chi connectivity index (χ1n) is 9.18. The van der Waals surface area contributed by atoms with Crippen LogP contribution in [0.15, 0.2) is 49.1 Å². The number of rotatable bonds is 5. The molecule has 27 heavy (non-hydrogen) atoms. The minimum absolute atomic E-state index is 0.104. The second-order valence-electron chi connectivity index (χ2n) is 6.66. The molecule has 1 saturated heterocycles. The van der Waals surface area contributed by atoms with Crippen molar-refractivity contribution in [3.63, 3.8) is 0 Å². The van der Waals surface area contributed by atoms with E-state index in [2.05, 4.69) is 43.5 Å². The molecule has 0 saturated carbocycles. The third kappa shape index (κ3) is 3.70. The molecule has 0 amide bonds. The van der Waals surface area contributed by atoms with Crippen molar-refractivity contribution in [3.8, 4) is 5.75 Å². The number of aromatic nitrogens is 3. The summed E-state index contributed by atoms with van der Waals surface area (Å²) in [6, 6.07) is 10.2. The fourth-order valence-corrected chi connectivity index (χ4v) is 3.63. The number of nitrogens with one attached hydrogen (secondary N) is 2. The lowest BCUT2D eigenvalue weighted by atomic mass is 10.1. The predicted molar refractivity (Wildman–Crippen MR) is 106 cm³/mol. The van der Waals surface area contributed by atoms with Gasteiger partial charge in [-0.1, -0.05) is 0 Å². The van der Waals surface area contributed by atoms with Gasteiger partial charge < -0.3 is 15.4 Å². The van der Waals surface area contributed by atoms with Crippen molar-refractivity contribution in [1.82, 2.24) is 25.2 Å². The minimum Gasteiger partial charge on any atom is -0.497 e. The summed E-state index contributed by atoms with van der Waals surface area (Å²) < 4.78 is 5.33. The molecular formula is C20H24N6O. The summed E-state index contributed by atoms with van der Waals surface area (Å²) in [5, 5.41) is 9.25. The van der Waals surface area contributed by atoms with Crippen molar-refractivity contribution in [2.24, 2.45) is 0 Å². The zero-order valence-electron chi connectivity index (χ0n) is 15.6. The van der Waals surface area contributed by atoms with Crippen LogP contribution in [0.1, 0.15) is 18.7 Å². The maximum Gasteiger partial charge on any atom is 0.135 e. The van der Waals surface area contributed by atoms with Gasteiger partial charge in [-0.05, 0) is 42.6 Å². The molecule has 1 fully saturated rings. The van der Waals surface area contributed by atoms with Crippen molar-refractivity contribution in [2.75, 3.05) is 32.1 Å². The number of hydrogen-bond donors (Lipinski definition) is 2. The van der Waals surface area contributed by atoms with Crippen LogP contribution >= 0.6 is 0 Å². The first-order valence-corrected chi connectivity index (χ1v) is 9.18. The predicted octanol–water partition coefficient (Wildman–Crippen LogP) is 2.44. The molecule has 1 aliphatic rings. The lowest BCUT2D eigenvalue weighted by Gasteiger charge is -2.40. The Bertz CT molecular complexity index is 903. The molecule has 2 N–H and O–H groups in total. The molecule has 0 spiro atoms. The number of benzene rings is 1. The monoisotopic (exact) mass is 364 g/mol. The molecule has 2 aromatic heterocycles. The highest BCUT2D eigenvalue weighted by molar-refractivity contribution is 5.92. The third-order valence-corrected chi connectivity index (χ3v) is 5.05. The SMILES string of the molecule is COc1ccc2c(NC(C)N3CCNCC3c3ccncn3)nccc2c1. The molecular weight excluding hydrogens is 340 g/mol. The Morgan fingerprint density at radius 1 is 1.22 bits per heavy atom. The van der Waals surface area contributed by atoms with Crippen molar-refractivity contribution in [1.29, 1.82) is 0 Å². The van der Waals surface area contributed by atoms with E-state index in [0.29, 0.717) is 0 Å². The van der Waals surface area contributed by atoms with Gasteiger partial charge in [-0.2, -0.15) is 0 Å². The summed E-state index contributed by atoms with van der Waals surface area (Å²) in [6.45, 7) is 4.92. The van der Waals surface area contributed by atoms with Crippen LogP contribution in [0.3, 0.4) is 0 Å². The van der Waals surface area contributed by atoms with Crippen molar-refractivity contribution >= 4 is 16.6 Å². The number of fused-ring (bicyclic) bond motifs is 1. The highest BCUT2D eigenvalue weighted by Gasteiger charge is 2.28. The summed E-state index contributed by atoms with van der Waals surface area (Å²) in [6.07, 6.45) is 5.34. The quantitative estimate of drug-likeness (QED) is 0.720. The Hall–Kier alpha value is -2.77. The summed E-state index contributed by atoms with van der Waals surface area (Å²) >= 11 is 0. The van der Waals surface area contributed by atoms with Gasteiger partial charge in [0.15, 0.2) is 0 Å². The lowest BCUT2D eigenvalue weighted by Crippen LogP contribution is -2.52. The van der Waals surface area contributed by atoms with Crippen molar-refractivity contribution in [3.05, 3.63) is 54.7 Å². The van der Waals surface area contributed by atoms with E-state index >= 15 is 0 Å². The van der Waals surface area contributed by atoms with Crippen LogP contribution in [0.2, 0.25) is 0 Å². The van der Waals surface area contributed by atoms with Crippen molar-refractivity contribution in [2.45, 2.75) is 19.1 Å². The van der Waals surface area contributed by atoms with Gasteiger partial charge in [0.05, 0.1) is 25.0 Å². The molecule has 7 nitrogen and oxygen atoms in total. The number of nitrogens with zero attached hydrogens (tertiary/aromatic N) is 4. The average molecular weight is 364 g/mol. The average Bonchev–Trinajstić information content (AvgIpc) is 2.74. The maximum atomic E-state index is 5.33. The largest absolute Gasteiger partial charge is 0.497 e. The summed E-state index contributed by atoms with van der Waals surface area (Å²) in [5.74, 6) is 1.72. The molecule has 3 aromatic rings. The van der Waals surface area contributed by atoms with E-state index in [1.807, 2.05) is 30.5 Å². The maximum absolute atomic E-state index is 5.33. The fraction of sp³-hybridized carbons (Fsp3) is 0.350. The number of pyridine rings is 1. The highest BCUT2D eigenvalue weighted by Crippen LogP contribution is 2.28. The fourth-order valence-electron chi connectivity index (χ4n) is 3.63. The zero-order valence-corrected chi connectivity index (χ0v) is 15.6. The minimum atomic E-state index is 0.104. The summed E-state index contributed by atoms with van der Waals surface area (Å²) in [7, 11) is 1.68. The van der Waals surface area contributed by atoms with Gasteiger partial charge in [0.1, 0.15) is 17.9 Å². The van der Waals surface area contributed by atoms with Crippen LogP contribution in [0, 0.1) is 0 Å². The van der Waals surface area contributed by atoms with Gasteiger partial charge in [0.2, 0.25) is 0 Å². The molecule has 1 aliphatic heterocycles. The van der Waals surface area contributed by atoms with Crippen LogP contribution in [-0.4, -0.2) is 52.8 Å². The molecule has 7 heteroatoms. The van der Waals surface area contributed by atoms with Crippen molar-refractivity contribution < 1.29 is 4.74 Å². The smallest absolute Gasteiger partial charge is 0.135 e. The molecule has 0 radical (unpaired) electrons. The number of anilines is 1. The van der Waals surface area contributed by atoms with E-state index in [1.54, 1.807) is 19.6 Å². The Morgan fingerprint density at radius 2 is 2.15 bits per heavy atom. The van der Waals surface area contributed by atoms with Gasteiger partial charge in [0, 0.05) is 37.4 Å². The number of piperazine rings is 1. The Kier molecular flexibility index (Phi) is 5.13. The third-order valence-electron chi connectivity index (χ3n) is 5.05. The normalized spacial score (nSPS) is 19.0. The van der Waals surface area contributed by atoms with Gasteiger partial charge >= 0.3 is 0 Å². The summed E-state index contributed by atoms with van der Waals surface area (Å²) in [4.78, 5) is 15.5. The van der Waals surface area contributed by atoms with E-state index < -0.39 is 0 Å². The van der Waals surface area contributed by atoms with Gasteiger partial charge in [-0.25, -0.2) is 15.0 Å². The lowest BCUT2D eigenvalue weighted by molar-refractivity contribution is 0.125.